The average Bonchev–Trinajstić information content (AvgIpc) is 2.50. The van der Waals surface area contributed by atoms with Crippen LogP contribution in [0.25, 0.3) is 0 Å². The first kappa shape index (κ1) is 16.4. The molecule has 2 rings (SSSR count). The molecule has 2 aromatic rings. The number of thioether (sulfide) groups is 1. The lowest BCUT2D eigenvalue weighted by atomic mass is 10.2. The van der Waals surface area contributed by atoms with Gasteiger partial charge in [-0.2, -0.15) is 0 Å². The third kappa shape index (κ3) is 4.53. The van der Waals surface area contributed by atoms with Crippen molar-refractivity contribution in [2.24, 2.45) is 0 Å². The Morgan fingerprint density at radius 3 is 2.55 bits per heavy atom. The molecule has 0 spiro atoms. The fraction of sp³-hybridized carbons (Fsp3) is 0.278. The number of nitrogens with zero attached hydrogens (tertiary/aromatic N) is 1. The maximum Gasteiger partial charge on any atom is 0.236 e. The van der Waals surface area contributed by atoms with Crippen molar-refractivity contribution in [1.29, 1.82) is 0 Å². The number of aryl methyl sites for hydroxylation is 1. The Labute approximate surface area is 136 Å². The normalized spacial score (nSPS) is 10.5. The van der Waals surface area contributed by atoms with Gasteiger partial charge >= 0.3 is 0 Å². The van der Waals surface area contributed by atoms with E-state index in [1.807, 2.05) is 67.3 Å². The summed E-state index contributed by atoms with van der Waals surface area (Å²) in [4.78, 5) is 14.3. The van der Waals surface area contributed by atoms with Crippen molar-refractivity contribution in [3.05, 3.63) is 59.7 Å². The van der Waals surface area contributed by atoms with Crippen LogP contribution in [0.5, 0.6) is 0 Å². The largest absolute Gasteiger partial charge is 0.399 e. The average molecular weight is 314 g/mol. The zero-order valence-electron chi connectivity index (χ0n) is 13.1. The van der Waals surface area contributed by atoms with E-state index in [9.17, 15) is 4.79 Å². The summed E-state index contributed by atoms with van der Waals surface area (Å²) in [5.74, 6) is 1.44. The molecular weight excluding hydrogens is 292 g/mol. The highest BCUT2D eigenvalue weighted by atomic mass is 32.2. The van der Waals surface area contributed by atoms with Crippen molar-refractivity contribution in [2.75, 3.05) is 22.9 Å². The highest BCUT2D eigenvalue weighted by Crippen LogP contribution is 2.19. The lowest BCUT2D eigenvalue weighted by Crippen LogP contribution is -2.32. The van der Waals surface area contributed by atoms with Crippen molar-refractivity contribution in [3.63, 3.8) is 0 Å². The molecule has 0 aromatic heterocycles. The zero-order chi connectivity index (χ0) is 15.9. The summed E-state index contributed by atoms with van der Waals surface area (Å²) in [7, 11) is 0. The molecule has 22 heavy (non-hydrogen) atoms. The quantitative estimate of drug-likeness (QED) is 0.824. The Morgan fingerprint density at radius 2 is 1.91 bits per heavy atom. The van der Waals surface area contributed by atoms with E-state index >= 15 is 0 Å². The third-order valence-electron chi connectivity index (χ3n) is 3.40. The van der Waals surface area contributed by atoms with E-state index in [-0.39, 0.29) is 5.91 Å². The number of hydrogen-bond acceptors (Lipinski definition) is 3. The summed E-state index contributed by atoms with van der Waals surface area (Å²) in [5.41, 5.74) is 9.76. The van der Waals surface area contributed by atoms with Gasteiger partial charge in [0.25, 0.3) is 0 Å². The minimum atomic E-state index is 0.147. The highest BCUT2D eigenvalue weighted by molar-refractivity contribution is 7.99. The number of rotatable bonds is 6. The molecule has 3 nitrogen and oxygen atoms in total. The summed E-state index contributed by atoms with van der Waals surface area (Å²) in [6, 6.07) is 15.9. The van der Waals surface area contributed by atoms with E-state index in [4.69, 9.17) is 5.73 Å². The maximum atomic E-state index is 12.4. The topological polar surface area (TPSA) is 46.3 Å². The first-order valence-corrected chi connectivity index (χ1v) is 8.55. The second-order valence-corrected chi connectivity index (χ2v) is 6.20. The second kappa shape index (κ2) is 7.90. The molecule has 0 aliphatic carbocycles. The molecule has 0 fully saturated rings. The predicted molar refractivity (Wildman–Crippen MR) is 96.2 cm³/mol. The minimum absolute atomic E-state index is 0.147. The van der Waals surface area contributed by atoms with Gasteiger partial charge in [0.2, 0.25) is 5.91 Å². The molecule has 0 atom stereocenters. The van der Waals surface area contributed by atoms with Crippen LogP contribution < -0.4 is 10.6 Å². The van der Waals surface area contributed by atoms with Crippen molar-refractivity contribution in [2.45, 2.75) is 19.6 Å². The van der Waals surface area contributed by atoms with Crippen molar-refractivity contribution in [1.82, 2.24) is 0 Å². The number of anilines is 2. The number of nitrogens with two attached hydrogens (primary N) is 1. The van der Waals surface area contributed by atoms with Crippen molar-refractivity contribution in [3.8, 4) is 0 Å². The van der Waals surface area contributed by atoms with Gasteiger partial charge in [0, 0.05) is 23.7 Å². The molecule has 0 radical (unpaired) electrons. The van der Waals surface area contributed by atoms with E-state index in [1.54, 1.807) is 11.8 Å². The minimum Gasteiger partial charge on any atom is -0.399 e. The van der Waals surface area contributed by atoms with E-state index in [2.05, 4.69) is 0 Å². The summed E-state index contributed by atoms with van der Waals surface area (Å²) in [6.45, 7) is 4.73. The van der Waals surface area contributed by atoms with Crippen LogP contribution in [0.15, 0.2) is 48.5 Å². The van der Waals surface area contributed by atoms with Gasteiger partial charge in [0.1, 0.15) is 0 Å². The molecule has 116 valence electrons. The fourth-order valence-corrected chi connectivity index (χ4v) is 3.11. The van der Waals surface area contributed by atoms with Crippen LogP contribution in [0, 0.1) is 6.92 Å². The van der Waals surface area contributed by atoms with Gasteiger partial charge in [-0.25, -0.2) is 0 Å². The van der Waals surface area contributed by atoms with Gasteiger partial charge in [-0.15, -0.1) is 11.8 Å². The van der Waals surface area contributed by atoms with E-state index in [1.165, 1.54) is 11.1 Å². The Hall–Kier alpha value is -1.94. The van der Waals surface area contributed by atoms with Gasteiger partial charge < -0.3 is 10.6 Å². The van der Waals surface area contributed by atoms with Crippen LogP contribution >= 0.6 is 11.8 Å². The fourth-order valence-electron chi connectivity index (χ4n) is 2.25. The molecule has 0 saturated carbocycles. The lowest BCUT2D eigenvalue weighted by Gasteiger charge is -2.21. The number of nitrogen functional groups attached to an aromatic ring is 1. The first-order valence-electron chi connectivity index (χ1n) is 7.39. The predicted octanol–water partition coefficient (Wildman–Crippen LogP) is 3.86. The van der Waals surface area contributed by atoms with Crippen molar-refractivity contribution >= 4 is 29.0 Å². The van der Waals surface area contributed by atoms with Gasteiger partial charge in [0.05, 0.1) is 5.75 Å². The second-order valence-electron chi connectivity index (χ2n) is 5.21. The number of amides is 1. The van der Waals surface area contributed by atoms with Gasteiger partial charge in [-0.1, -0.05) is 24.3 Å². The highest BCUT2D eigenvalue weighted by Gasteiger charge is 2.13. The monoisotopic (exact) mass is 314 g/mol. The molecule has 1 amide bonds. The molecule has 2 N–H and O–H groups in total. The Bertz CT molecular complexity index is 625. The molecule has 0 saturated heterocycles. The number of carbonyl (C=O) groups is 1. The Kier molecular flexibility index (Phi) is 5.90. The Balaban J connectivity index is 1.91. The zero-order valence-corrected chi connectivity index (χ0v) is 13.9. The first-order chi connectivity index (χ1) is 10.6. The molecule has 0 aliphatic heterocycles. The molecule has 0 aliphatic rings. The van der Waals surface area contributed by atoms with Crippen LogP contribution in [0.1, 0.15) is 18.1 Å². The molecule has 4 heteroatoms. The van der Waals surface area contributed by atoms with E-state index < -0.39 is 0 Å². The molecule has 0 bridgehead atoms. The molecule has 2 aromatic carbocycles. The number of benzene rings is 2. The summed E-state index contributed by atoms with van der Waals surface area (Å²) >= 11 is 1.63. The van der Waals surface area contributed by atoms with Gasteiger partial charge in [-0.05, 0) is 49.2 Å². The van der Waals surface area contributed by atoms with Gasteiger partial charge in [0.15, 0.2) is 0 Å². The summed E-state index contributed by atoms with van der Waals surface area (Å²) < 4.78 is 0. The number of carbonyl (C=O) groups excluding carboxylic acids is 1. The van der Waals surface area contributed by atoms with E-state index in [0.29, 0.717) is 12.3 Å². The smallest absolute Gasteiger partial charge is 0.236 e. The summed E-state index contributed by atoms with van der Waals surface area (Å²) in [6.07, 6.45) is 0. The number of hydrogen-bond donors (Lipinski definition) is 1. The van der Waals surface area contributed by atoms with Crippen LogP contribution in [0.2, 0.25) is 0 Å². The molecule has 0 heterocycles. The SMILES string of the molecule is CCN(C(=O)CSCc1ccc(N)cc1)c1cccc(C)c1. The molecule has 0 unspecified atom stereocenters. The van der Waals surface area contributed by atoms with Crippen LogP contribution in [0.4, 0.5) is 11.4 Å². The van der Waals surface area contributed by atoms with Crippen LogP contribution in [0.3, 0.4) is 0 Å². The third-order valence-corrected chi connectivity index (χ3v) is 4.39. The lowest BCUT2D eigenvalue weighted by molar-refractivity contribution is -0.116. The van der Waals surface area contributed by atoms with Crippen LogP contribution in [-0.4, -0.2) is 18.2 Å². The molecular formula is C18H22N2OS. The maximum absolute atomic E-state index is 12.4. The van der Waals surface area contributed by atoms with Gasteiger partial charge in [-0.3, -0.25) is 4.79 Å². The van der Waals surface area contributed by atoms with Crippen molar-refractivity contribution < 1.29 is 4.79 Å². The summed E-state index contributed by atoms with van der Waals surface area (Å²) in [5, 5.41) is 0. The van der Waals surface area contributed by atoms with E-state index in [0.717, 1.165) is 17.1 Å². The standard InChI is InChI=1S/C18H22N2OS/c1-3-20(17-6-4-5-14(2)11-17)18(21)13-22-12-15-7-9-16(19)10-8-15/h4-11H,3,12-13,19H2,1-2H3. The Morgan fingerprint density at radius 1 is 1.18 bits per heavy atom. The van der Waals surface area contributed by atoms with Crippen LogP contribution in [-0.2, 0) is 10.5 Å².